The molecule has 1 nitrogen and oxygen atoms in total. The summed E-state index contributed by atoms with van der Waals surface area (Å²) in [5.74, 6) is -1.22. The fraction of sp³-hybridized carbons (Fsp3) is 0.250. The summed E-state index contributed by atoms with van der Waals surface area (Å²) < 4.78 is 52.7. The van der Waals surface area contributed by atoms with E-state index in [0.29, 0.717) is 6.54 Å². The number of halogens is 4. The van der Waals surface area contributed by atoms with Gasteiger partial charge in [0.1, 0.15) is 5.82 Å². The first-order valence-corrected chi connectivity index (χ1v) is 6.59. The Hall–Kier alpha value is -1.88. The molecule has 2 aromatic rings. The molecule has 1 atom stereocenters. The second-order valence-corrected chi connectivity index (χ2v) is 4.61. The molecule has 1 unspecified atom stereocenters. The van der Waals surface area contributed by atoms with Gasteiger partial charge in [0.05, 0.1) is 11.6 Å². The second kappa shape index (κ2) is 6.26. The lowest BCUT2D eigenvalue weighted by Crippen LogP contribution is -2.24. The SMILES string of the molecule is CCNC(c1ccccc1)c1cccc(C(F)(F)F)c1F. The van der Waals surface area contributed by atoms with Crippen molar-refractivity contribution in [3.63, 3.8) is 0 Å². The summed E-state index contributed by atoms with van der Waals surface area (Å²) in [4.78, 5) is 0. The number of nitrogens with one attached hydrogen (secondary N) is 1. The number of hydrogen-bond donors (Lipinski definition) is 1. The molecule has 0 fully saturated rings. The van der Waals surface area contributed by atoms with Gasteiger partial charge in [-0.15, -0.1) is 0 Å². The van der Waals surface area contributed by atoms with Gasteiger partial charge >= 0.3 is 6.18 Å². The highest BCUT2D eigenvalue weighted by Gasteiger charge is 2.35. The van der Waals surface area contributed by atoms with Crippen molar-refractivity contribution in [3.8, 4) is 0 Å². The topological polar surface area (TPSA) is 12.0 Å². The Bertz CT molecular complexity index is 593. The molecular formula is C16H15F4N. The average molecular weight is 297 g/mol. The zero-order valence-electron chi connectivity index (χ0n) is 11.4. The Kier molecular flexibility index (Phi) is 4.63. The van der Waals surface area contributed by atoms with Crippen LogP contribution in [0.15, 0.2) is 48.5 Å². The van der Waals surface area contributed by atoms with Crippen molar-refractivity contribution >= 4 is 0 Å². The third kappa shape index (κ3) is 3.42. The molecule has 2 rings (SSSR count). The van der Waals surface area contributed by atoms with Crippen molar-refractivity contribution in [2.24, 2.45) is 0 Å². The van der Waals surface area contributed by atoms with E-state index in [0.717, 1.165) is 11.6 Å². The van der Waals surface area contributed by atoms with E-state index in [9.17, 15) is 17.6 Å². The molecule has 21 heavy (non-hydrogen) atoms. The Morgan fingerprint density at radius 2 is 1.67 bits per heavy atom. The molecule has 0 aromatic heterocycles. The van der Waals surface area contributed by atoms with Crippen LogP contribution < -0.4 is 5.32 Å². The van der Waals surface area contributed by atoms with E-state index in [2.05, 4.69) is 5.32 Å². The number of hydrogen-bond acceptors (Lipinski definition) is 1. The molecule has 0 aliphatic carbocycles. The van der Waals surface area contributed by atoms with E-state index in [-0.39, 0.29) is 5.56 Å². The molecule has 0 aliphatic rings. The molecule has 2 aromatic carbocycles. The summed E-state index contributed by atoms with van der Waals surface area (Å²) in [6.07, 6.45) is -4.70. The Balaban J connectivity index is 2.52. The van der Waals surface area contributed by atoms with Crippen LogP contribution in [0.3, 0.4) is 0 Å². The van der Waals surface area contributed by atoms with E-state index in [1.807, 2.05) is 6.92 Å². The van der Waals surface area contributed by atoms with Gasteiger partial charge in [-0.05, 0) is 18.2 Å². The highest BCUT2D eigenvalue weighted by atomic mass is 19.4. The Morgan fingerprint density at radius 3 is 2.24 bits per heavy atom. The highest BCUT2D eigenvalue weighted by Crippen LogP contribution is 2.35. The van der Waals surface area contributed by atoms with Crippen LogP contribution in [-0.4, -0.2) is 6.54 Å². The molecular weight excluding hydrogens is 282 g/mol. The van der Waals surface area contributed by atoms with Gasteiger partial charge in [0.25, 0.3) is 0 Å². The molecule has 0 bridgehead atoms. The summed E-state index contributed by atoms with van der Waals surface area (Å²) >= 11 is 0. The minimum absolute atomic E-state index is 0.00197. The first kappa shape index (κ1) is 15.5. The van der Waals surface area contributed by atoms with Crippen LogP contribution >= 0.6 is 0 Å². The molecule has 0 radical (unpaired) electrons. The normalized spacial score (nSPS) is 13.2. The molecule has 0 saturated carbocycles. The van der Waals surface area contributed by atoms with E-state index in [4.69, 9.17) is 0 Å². The predicted molar refractivity (Wildman–Crippen MR) is 73.4 cm³/mol. The van der Waals surface area contributed by atoms with Crippen molar-refractivity contribution in [1.82, 2.24) is 5.32 Å². The lowest BCUT2D eigenvalue weighted by Gasteiger charge is -2.21. The van der Waals surface area contributed by atoms with Gasteiger partial charge in [-0.1, -0.05) is 49.4 Å². The zero-order valence-corrected chi connectivity index (χ0v) is 11.4. The number of rotatable bonds is 4. The van der Waals surface area contributed by atoms with E-state index in [1.165, 1.54) is 12.1 Å². The van der Waals surface area contributed by atoms with Crippen LogP contribution in [0.2, 0.25) is 0 Å². The van der Waals surface area contributed by atoms with Gasteiger partial charge in [0.2, 0.25) is 0 Å². The third-order valence-electron chi connectivity index (χ3n) is 3.19. The van der Waals surface area contributed by atoms with Crippen LogP contribution in [0.25, 0.3) is 0 Å². The average Bonchev–Trinajstić information content (AvgIpc) is 2.45. The molecule has 1 N–H and O–H groups in total. The van der Waals surface area contributed by atoms with Crippen molar-refractivity contribution in [2.45, 2.75) is 19.1 Å². The van der Waals surface area contributed by atoms with E-state index >= 15 is 0 Å². The predicted octanol–water partition coefficient (Wildman–Crippen LogP) is 4.54. The second-order valence-electron chi connectivity index (χ2n) is 4.61. The quantitative estimate of drug-likeness (QED) is 0.817. The minimum Gasteiger partial charge on any atom is -0.306 e. The van der Waals surface area contributed by atoms with Crippen molar-refractivity contribution in [3.05, 3.63) is 71.0 Å². The lowest BCUT2D eigenvalue weighted by molar-refractivity contribution is -0.140. The first-order valence-electron chi connectivity index (χ1n) is 6.59. The van der Waals surface area contributed by atoms with Crippen LogP contribution in [0.4, 0.5) is 17.6 Å². The van der Waals surface area contributed by atoms with Gasteiger partial charge in [-0.2, -0.15) is 13.2 Å². The van der Waals surface area contributed by atoms with Crippen molar-refractivity contribution < 1.29 is 17.6 Å². The van der Waals surface area contributed by atoms with Crippen molar-refractivity contribution in [2.75, 3.05) is 6.54 Å². The van der Waals surface area contributed by atoms with Crippen LogP contribution in [0.5, 0.6) is 0 Å². The molecule has 0 spiro atoms. The van der Waals surface area contributed by atoms with Gasteiger partial charge in [0.15, 0.2) is 0 Å². The lowest BCUT2D eigenvalue weighted by atomic mass is 9.96. The first-order chi connectivity index (χ1) is 9.95. The highest BCUT2D eigenvalue weighted by molar-refractivity contribution is 5.36. The molecule has 0 saturated heterocycles. The number of alkyl halides is 3. The summed E-state index contributed by atoms with van der Waals surface area (Å²) in [5.41, 5.74) is -0.519. The Morgan fingerprint density at radius 1 is 1.00 bits per heavy atom. The van der Waals surface area contributed by atoms with Crippen molar-refractivity contribution in [1.29, 1.82) is 0 Å². The maximum Gasteiger partial charge on any atom is 0.419 e. The van der Waals surface area contributed by atoms with Gasteiger partial charge in [-0.3, -0.25) is 0 Å². The monoisotopic (exact) mass is 297 g/mol. The molecule has 5 heteroatoms. The zero-order chi connectivity index (χ0) is 15.5. The van der Waals surface area contributed by atoms with E-state index in [1.54, 1.807) is 30.3 Å². The fourth-order valence-corrected chi connectivity index (χ4v) is 2.25. The summed E-state index contributed by atoms with van der Waals surface area (Å²) in [5, 5.41) is 3.03. The summed E-state index contributed by atoms with van der Waals surface area (Å²) in [6.45, 7) is 2.33. The standard InChI is InChI=1S/C16H15F4N/c1-2-21-15(11-7-4-3-5-8-11)12-9-6-10-13(14(12)17)16(18,19)20/h3-10,15,21H,2H2,1H3. The molecule has 0 amide bonds. The largest absolute Gasteiger partial charge is 0.419 e. The Labute approximate surface area is 120 Å². The summed E-state index contributed by atoms with van der Waals surface area (Å²) in [6, 6.07) is 11.6. The number of benzene rings is 2. The summed E-state index contributed by atoms with van der Waals surface area (Å²) in [7, 11) is 0. The maximum atomic E-state index is 14.3. The molecule has 0 heterocycles. The van der Waals surface area contributed by atoms with Crippen LogP contribution in [0.1, 0.15) is 29.7 Å². The van der Waals surface area contributed by atoms with Gasteiger partial charge < -0.3 is 5.32 Å². The third-order valence-corrected chi connectivity index (χ3v) is 3.19. The maximum absolute atomic E-state index is 14.3. The van der Waals surface area contributed by atoms with Gasteiger partial charge in [-0.25, -0.2) is 4.39 Å². The fourth-order valence-electron chi connectivity index (χ4n) is 2.25. The molecule has 112 valence electrons. The molecule has 0 aliphatic heterocycles. The van der Waals surface area contributed by atoms with E-state index < -0.39 is 23.6 Å². The smallest absolute Gasteiger partial charge is 0.306 e. The van der Waals surface area contributed by atoms with Crippen LogP contribution in [-0.2, 0) is 6.18 Å². The minimum atomic E-state index is -4.70. The van der Waals surface area contributed by atoms with Gasteiger partial charge in [0, 0.05) is 5.56 Å². The van der Waals surface area contributed by atoms with Crippen LogP contribution in [0, 0.1) is 5.82 Å².